The van der Waals surface area contributed by atoms with Crippen molar-refractivity contribution in [1.82, 2.24) is 9.97 Å². The summed E-state index contributed by atoms with van der Waals surface area (Å²) in [6.45, 7) is 2.38. The molecule has 2 N–H and O–H groups in total. The fourth-order valence-electron chi connectivity index (χ4n) is 2.13. The summed E-state index contributed by atoms with van der Waals surface area (Å²) in [5.74, 6) is 1.79. The maximum absolute atomic E-state index is 8.73. The van der Waals surface area contributed by atoms with Gasteiger partial charge in [-0.05, 0) is 12.8 Å². The molecule has 1 fully saturated rings. The Morgan fingerprint density at radius 3 is 2.89 bits per heavy atom. The number of anilines is 2. The summed E-state index contributed by atoms with van der Waals surface area (Å²) < 4.78 is 5.54. The van der Waals surface area contributed by atoms with Crippen molar-refractivity contribution in [2.45, 2.75) is 18.9 Å². The Morgan fingerprint density at radius 1 is 1.44 bits per heavy atom. The van der Waals surface area contributed by atoms with Gasteiger partial charge in [-0.3, -0.25) is 0 Å². The maximum Gasteiger partial charge on any atom is 0.134 e. The van der Waals surface area contributed by atoms with Gasteiger partial charge in [-0.25, -0.2) is 9.97 Å². The van der Waals surface area contributed by atoms with E-state index < -0.39 is 0 Å². The van der Waals surface area contributed by atoms with Crippen LogP contribution < -0.4 is 10.2 Å². The van der Waals surface area contributed by atoms with Crippen LogP contribution in [0.15, 0.2) is 12.4 Å². The first-order valence-electron chi connectivity index (χ1n) is 6.30. The van der Waals surface area contributed by atoms with E-state index in [-0.39, 0.29) is 12.7 Å². The van der Waals surface area contributed by atoms with Crippen molar-refractivity contribution in [3.63, 3.8) is 0 Å². The molecule has 0 aromatic carbocycles. The Morgan fingerprint density at radius 2 is 2.22 bits per heavy atom. The highest BCUT2D eigenvalue weighted by atomic mass is 16.5. The van der Waals surface area contributed by atoms with E-state index in [2.05, 4.69) is 20.2 Å². The number of ether oxygens (including phenoxy) is 1. The Kier molecular flexibility index (Phi) is 4.72. The summed E-state index contributed by atoms with van der Waals surface area (Å²) in [6.07, 6.45) is 3.78. The van der Waals surface area contributed by atoms with E-state index in [9.17, 15) is 0 Å². The van der Waals surface area contributed by atoms with Crippen LogP contribution >= 0.6 is 0 Å². The van der Waals surface area contributed by atoms with Crippen LogP contribution in [0.25, 0.3) is 0 Å². The topological polar surface area (TPSA) is 70.5 Å². The van der Waals surface area contributed by atoms with E-state index in [4.69, 9.17) is 9.84 Å². The summed E-state index contributed by atoms with van der Waals surface area (Å²) in [4.78, 5) is 10.6. The van der Waals surface area contributed by atoms with E-state index in [1.807, 2.05) is 13.1 Å². The van der Waals surface area contributed by atoms with Gasteiger partial charge >= 0.3 is 0 Å². The monoisotopic (exact) mass is 252 g/mol. The summed E-state index contributed by atoms with van der Waals surface area (Å²) in [6, 6.07) is 1.95. The minimum atomic E-state index is 0.0949. The van der Waals surface area contributed by atoms with Crippen LogP contribution in [-0.2, 0) is 4.74 Å². The highest BCUT2D eigenvalue weighted by Crippen LogP contribution is 2.20. The molecular formula is C12H20N4O2. The first kappa shape index (κ1) is 13.0. The minimum Gasteiger partial charge on any atom is -0.394 e. The molecule has 0 bridgehead atoms. The van der Waals surface area contributed by atoms with Gasteiger partial charge in [-0.15, -0.1) is 0 Å². The lowest BCUT2D eigenvalue weighted by atomic mass is 10.1. The van der Waals surface area contributed by atoms with Crippen LogP contribution in [0.3, 0.4) is 0 Å². The Hall–Kier alpha value is -1.40. The molecule has 1 aliphatic heterocycles. The van der Waals surface area contributed by atoms with Gasteiger partial charge in [0.05, 0.1) is 19.3 Å². The van der Waals surface area contributed by atoms with Crippen molar-refractivity contribution in [2.24, 2.45) is 0 Å². The van der Waals surface area contributed by atoms with Crippen LogP contribution in [0.2, 0.25) is 0 Å². The van der Waals surface area contributed by atoms with Crippen molar-refractivity contribution < 1.29 is 9.84 Å². The molecule has 0 amide bonds. The van der Waals surface area contributed by atoms with Crippen LogP contribution in [-0.4, -0.2) is 54.5 Å². The van der Waals surface area contributed by atoms with E-state index in [1.54, 1.807) is 6.33 Å². The van der Waals surface area contributed by atoms with Gasteiger partial charge in [0.2, 0.25) is 0 Å². The van der Waals surface area contributed by atoms with Gasteiger partial charge in [0, 0.05) is 26.2 Å². The Balaban J connectivity index is 1.88. The summed E-state index contributed by atoms with van der Waals surface area (Å²) in [7, 11) is 1.85. The van der Waals surface area contributed by atoms with Gasteiger partial charge in [-0.1, -0.05) is 0 Å². The zero-order valence-electron chi connectivity index (χ0n) is 10.7. The van der Waals surface area contributed by atoms with Gasteiger partial charge in [0.15, 0.2) is 0 Å². The smallest absolute Gasteiger partial charge is 0.134 e. The quantitative estimate of drug-likeness (QED) is 0.795. The maximum atomic E-state index is 8.73. The fraction of sp³-hybridized carbons (Fsp3) is 0.667. The van der Waals surface area contributed by atoms with Gasteiger partial charge in [-0.2, -0.15) is 0 Å². The lowest BCUT2D eigenvalue weighted by molar-refractivity contribution is 0.0158. The highest BCUT2D eigenvalue weighted by Gasteiger charge is 2.20. The molecule has 100 valence electrons. The molecule has 1 aliphatic rings. The van der Waals surface area contributed by atoms with Crippen molar-refractivity contribution >= 4 is 11.6 Å². The molecule has 18 heavy (non-hydrogen) atoms. The number of hydrogen-bond acceptors (Lipinski definition) is 6. The SMILES string of the molecule is CNc1cc(N2CCC(OCCO)CC2)ncn1. The number of rotatable bonds is 5. The lowest BCUT2D eigenvalue weighted by Crippen LogP contribution is -2.37. The third kappa shape index (κ3) is 3.30. The van der Waals surface area contributed by atoms with Gasteiger partial charge in [0.1, 0.15) is 18.0 Å². The van der Waals surface area contributed by atoms with Crippen LogP contribution in [0.5, 0.6) is 0 Å². The standard InChI is InChI=1S/C12H20N4O2/c1-13-11-8-12(15-9-14-11)16-4-2-10(3-5-16)18-7-6-17/h8-10,17H,2-7H2,1H3,(H,13,14,15). The average molecular weight is 252 g/mol. The summed E-state index contributed by atoms with van der Waals surface area (Å²) >= 11 is 0. The third-order valence-electron chi connectivity index (χ3n) is 3.12. The third-order valence-corrected chi connectivity index (χ3v) is 3.12. The molecule has 1 aromatic heterocycles. The van der Waals surface area contributed by atoms with E-state index in [0.717, 1.165) is 37.6 Å². The zero-order valence-corrected chi connectivity index (χ0v) is 10.7. The molecule has 0 radical (unpaired) electrons. The second-order valence-corrected chi connectivity index (χ2v) is 4.29. The van der Waals surface area contributed by atoms with Crippen molar-refractivity contribution in [3.8, 4) is 0 Å². The molecule has 1 aromatic rings. The second kappa shape index (κ2) is 6.51. The van der Waals surface area contributed by atoms with Crippen LogP contribution in [0, 0.1) is 0 Å². The largest absolute Gasteiger partial charge is 0.394 e. The van der Waals surface area contributed by atoms with E-state index in [0.29, 0.717) is 6.61 Å². The summed E-state index contributed by atoms with van der Waals surface area (Å²) in [5.41, 5.74) is 0. The Bertz CT molecular complexity index is 367. The molecule has 2 rings (SSSR count). The molecule has 0 spiro atoms. The molecule has 1 saturated heterocycles. The number of hydrogen-bond donors (Lipinski definition) is 2. The normalized spacial score (nSPS) is 16.9. The number of aliphatic hydroxyl groups excluding tert-OH is 1. The number of piperidine rings is 1. The average Bonchev–Trinajstić information content (AvgIpc) is 2.46. The summed E-state index contributed by atoms with van der Waals surface area (Å²) in [5, 5.41) is 11.7. The second-order valence-electron chi connectivity index (χ2n) is 4.29. The molecule has 0 unspecified atom stereocenters. The van der Waals surface area contributed by atoms with E-state index in [1.165, 1.54) is 0 Å². The van der Waals surface area contributed by atoms with Crippen molar-refractivity contribution in [2.75, 3.05) is 43.6 Å². The lowest BCUT2D eigenvalue weighted by Gasteiger charge is -2.32. The van der Waals surface area contributed by atoms with Crippen molar-refractivity contribution in [1.29, 1.82) is 0 Å². The number of aliphatic hydroxyl groups is 1. The molecule has 0 saturated carbocycles. The Labute approximate surface area is 107 Å². The molecule has 0 atom stereocenters. The predicted octanol–water partition coefficient (Wildman–Crippen LogP) is 0.496. The highest BCUT2D eigenvalue weighted by molar-refractivity contribution is 5.48. The molecule has 2 heterocycles. The van der Waals surface area contributed by atoms with Crippen LogP contribution in [0.1, 0.15) is 12.8 Å². The first-order valence-corrected chi connectivity index (χ1v) is 6.30. The first-order chi connectivity index (χ1) is 8.83. The number of aromatic nitrogens is 2. The number of nitrogens with one attached hydrogen (secondary N) is 1. The molecular weight excluding hydrogens is 232 g/mol. The molecule has 6 heteroatoms. The number of nitrogens with zero attached hydrogens (tertiary/aromatic N) is 3. The predicted molar refractivity (Wildman–Crippen MR) is 69.9 cm³/mol. The molecule has 6 nitrogen and oxygen atoms in total. The minimum absolute atomic E-state index is 0.0949. The van der Waals surface area contributed by atoms with E-state index >= 15 is 0 Å². The van der Waals surface area contributed by atoms with Gasteiger partial charge < -0.3 is 20.1 Å². The van der Waals surface area contributed by atoms with Crippen LogP contribution in [0.4, 0.5) is 11.6 Å². The van der Waals surface area contributed by atoms with Gasteiger partial charge in [0.25, 0.3) is 0 Å². The molecule has 0 aliphatic carbocycles. The van der Waals surface area contributed by atoms with Crippen molar-refractivity contribution in [3.05, 3.63) is 12.4 Å². The zero-order chi connectivity index (χ0) is 12.8. The fourth-order valence-corrected chi connectivity index (χ4v) is 2.13.